The van der Waals surface area contributed by atoms with Crippen molar-refractivity contribution in [2.45, 2.75) is 46.1 Å². The van der Waals surface area contributed by atoms with Crippen molar-refractivity contribution in [3.63, 3.8) is 0 Å². The van der Waals surface area contributed by atoms with Gasteiger partial charge in [-0.25, -0.2) is 0 Å². The van der Waals surface area contributed by atoms with Gasteiger partial charge in [0, 0.05) is 5.56 Å². The molecule has 0 spiro atoms. The quantitative estimate of drug-likeness (QED) is 0.511. The third-order valence-corrected chi connectivity index (χ3v) is 5.33. The van der Waals surface area contributed by atoms with Crippen LogP contribution in [0.2, 0.25) is 0 Å². The molecule has 1 amide bonds. The van der Waals surface area contributed by atoms with Crippen LogP contribution in [0.1, 0.15) is 62.2 Å². The van der Waals surface area contributed by atoms with E-state index in [0.29, 0.717) is 5.56 Å². The molecule has 3 aromatic rings. The summed E-state index contributed by atoms with van der Waals surface area (Å²) < 4.78 is 6.30. The van der Waals surface area contributed by atoms with Gasteiger partial charge >= 0.3 is 0 Å². The maximum absolute atomic E-state index is 11.3. The zero-order valence-electron chi connectivity index (χ0n) is 18.5. The number of hydrogen-bond acceptors (Lipinski definition) is 2. The third-order valence-electron chi connectivity index (χ3n) is 5.33. The fourth-order valence-corrected chi connectivity index (χ4v) is 3.46. The highest BCUT2D eigenvalue weighted by Gasteiger charge is 2.18. The van der Waals surface area contributed by atoms with Crippen molar-refractivity contribution in [2.75, 3.05) is 0 Å². The smallest absolute Gasteiger partial charge is 0.248 e. The highest BCUT2D eigenvalue weighted by Crippen LogP contribution is 2.31. The molecule has 0 aliphatic heterocycles. The average molecular weight is 402 g/mol. The summed E-state index contributed by atoms with van der Waals surface area (Å²) in [4.78, 5) is 11.3. The molecule has 1 atom stereocenters. The van der Waals surface area contributed by atoms with Crippen LogP contribution in [0.4, 0.5) is 0 Å². The zero-order valence-corrected chi connectivity index (χ0v) is 18.5. The van der Waals surface area contributed by atoms with E-state index in [2.05, 4.69) is 71.0 Å². The number of benzene rings is 3. The van der Waals surface area contributed by atoms with E-state index in [4.69, 9.17) is 10.5 Å². The summed E-state index contributed by atoms with van der Waals surface area (Å²) in [6, 6.07) is 24.3. The normalized spacial score (nSPS) is 12.6. The lowest BCUT2D eigenvalue weighted by atomic mass is 9.86. The minimum absolute atomic E-state index is 0.108. The predicted octanol–water partition coefficient (Wildman–Crippen LogP) is 6.53. The van der Waals surface area contributed by atoms with Gasteiger partial charge in [-0.2, -0.15) is 0 Å². The van der Waals surface area contributed by atoms with Gasteiger partial charge in [0.05, 0.1) is 0 Å². The Hall–Kier alpha value is -3.07. The lowest BCUT2D eigenvalue weighted by Gasteiger charge is -2.23. The first-order valence-electron chi connectivity index (χ1n) is 10.4. The number of carbonyl (C=O) groups is 1. The summed E-state index contributed by atoms with van der Waals surface area (Å²) in [5.74, 6) is 0.673. The maximum Gasteiger partial charge on any atom is 0.248 e. The minimum atomic E-state index is -0.422. The summed E-state index contributed by atoms with van der Waals surface area (Å²) >= 11 is 0. The van der Waals surface area contributed by atoms with E-state index in [1.54, 1.807) is 12.1 Å². The molecular formula is C27H31NO2. The van der Waals surface area contributed by atoms with Gasteiger partial charge in [-0.05, 0) is 57.9 Å². The Morgan fingerprint density at radius 3 is 1.73 bits per heavy atom. The summed E-state index contributed by atoms with van der Waals surface area (Å²) in [6.45, 7) is 10.9. The van der Waals surface area contributed by atoms with Crippen LogP contribution in [0, 0.1) is 5.92 Å². The van der Waals surface area contributed by atoms with Gasteiger partial charge in [-0.1, -0.05) is 83.1 Å². The van der Waals surface area contributed by atoms with E-state index in [0.717, 1.165) is 16.9 Å². The standard InChI is InChI=1S/C27H31NO2/c1-18(2)25(21-6-8-22(9-7-21)26(28)29)30-24-16-12-20(13-17-24)19-10-14-23(15-11-19)27(3,4)5/h6-18,25H,1-5H3,(H2,28,29). The van der Waals surface area contributed by atoms with Crippen LogP contribution in [-0.2, 0) is 5.41 Å². The van der Waals surface area contributed by atoms with Crippen LogP contribution in [0.25, 0.3) is 11.1 Å². The van der Waals surface area contributed by atoms with Gasteiger partial charge in [0.25, 0.3) is 0 Å². The molecule has 0 bridgehead atoms. The van der Waals surface area contributed by atoms with E-state index < -0.39 is 5.91 Å². The number of hydrogen-bond donors (Lipinski definition) is 1. The Kier molecular flexibility index (Phi) is 6.31. The molecule has 3 aromatic carbocycles. The molecule has 0 saturated carbocycles. The first-order chi connectivity index (χ1) is 14.1. The second-order valence-corrected chi connectivity index (χ2v) is 9.12. The summed E-state index contributed by atoms with van der Waals surface area (Å²) in [6.07, 6.45) is -0.108. The Labute approximate surface area is 179 Å². The van der Waals surface area contributed by atoms with Crippen LogP contribution >= 0.6 is 0 Å². The summed E-state index contributed by atoms with van der Waals surface area (Å²) in [5.41, 5.74) is 10.7. The predicted molar refractivity (Wildman–Crippen MR) is 124 cm³/mol. The van der Waals surface area contributed by atoms with E-state index in [1.807, 2.05) is 24.3 Å². The lowest BCUT2D eigenvalue weighted by Crippen LogP contribution is -2.15. The monoisotopic (exact) mass is 401 g/mol. The first-order valence-corrected chi connectivity index (χ1v) is 10.4. The number of ether oxygens (including phenoxy) is 1. The molecule has 156 valence electrons. The number of rotatable bonds is 6. The van der Waals surface area contributed by atoms with Gasteiger partial charge in [0.2, 0.25) is 5.91 Å². The second kappa shape index (κ2) is 8.74. The number of nitrogens with two attached hydrogens (primary N) is 1. The van der Waals surface area contributed by atoms with Crippen LogP contribution in [-0.4, -0.2) is 5.91 Å². The second-order valence-electron chi connectivity index (χ2n) is 9.12. The minimum Gasteiger partial charge on any atom is -0.485 e. The lowest BCUT2D eigenvalue weighted by molar-refractivity contribution is 0.1000. The molecule has 3 heteroatoms. The van der Waals surface area contributed by atoms with Gasteiger partial charge in [-0.15, -0.1) is 0 Å². The molecule has 0 aliphatic rings. The van der Waals surface area contributed by atoms with Crippen LogP contribution in [0.3, 0.4) is 0 Å². The van der Waals surface area contributed by atoms with Gasteiger partial charge in [0.1, 0.15) is 11.9 Å². The molecule has 0 fully saturated rings. The average Bonchev–Trinajstić information content (AvgIpc) is 2.72. The molecule has 1 unspecified atom stereocenters. The molecule has 30 heavy (non-hydrogen) atoms. The molecule has 3 rings (SSSR count). The SMILES string of the molecule is CC(C)C(Oc1ccc(-c2ccc(C(C)(C)C)cc2)cc1)c1ccc(C(N)=O)cc1. The first kappa shape index (κ1) is 21.6. The molecule has 0 saturated heterocycles. The Morgan fingerprint density at radius 1 is 0.800 bits per heavy atom. The van der Waals surface area contributed by atoms with Crippen molar-refractivity contribution in [3.8, 4) is 16.9 Å². The van der Waals surface area contributed by atoms with Crippen molar-refractivity contribution in [1.29, 1.82) is 0 Å². The zero-order chi connectivity index (χ0) is 21.9. The van der Waals surface area contributed by atoms with Crippen molar-refractivity contribution in [2.24, 2.45) is 11.7 Å². The fourth-order valence-electron chi connectivity index (χ4n) is 3.46. The molecule has 0 aliphatic carbocycles. The molecule has 0 heterocycles. The maximum atomic E-state index is 11.3. The van der Waals surface area contributed by atoms with Crippen LogP contribution in [0.15, 0.2) is 72.8 Å². The van der Waals surface area contributed by atoms with Crippen LogP contribution in [0.5, 0.6) is 5.75 Å². The fraction of sp³-hybridized carbons (Fsp3) is 0.296. The molecule has 2 N–H and O–H groups in total. The molecular weight excluding hydrogens is 370 g/mol. The number of carbonyl (C=O) groups excluding carboxylic acids is 1. The highest BCUT2D eigenvalue weighted by molar-refractivity contribution is 5.92. The van der Waals surface area contributed by atoms with Crippen molar-refractivity contribution in [3.05, 3.63) is 89.5 Å². The van der Waals surface area contributed by atoms with E-state index >= 15 is 0 Å². The number of primary amides is 1. The molecule has 0 aromatic heterocycles. The summed E-state index contributed by atoms with van der Waals surface area (Å²) in [7, 11) is 0. The van der Waals surface area contributed by atoms with Gasteiger partial charge < -0.3 is 10.5 Å². The van der Waals surface area contributed by atoms with Crippen molar-refractivity contribution in [1.82, 2.24) is 0 Å². The van der Waals surface area contributed by atoms with Crippen molar-refractivity contribution < 1.29 is 9.53 Å². The van der Waals surface area contributed by atoms with E-state index in [1.165, 1.54) is 11.1 Å². The highest BCUT2D eigenvalue weighted by atomic mass is 16.5. The van der Waals surface area contributed by atoms with Crippen LogP contribution < -0.4 is 10.5 Å². The Bertz CT molecular complexity index is 979. The Morgan fingerprint density at radius 2 is 1.30 bits per heavy atom. The largest absolute Gasteiger partial charge is 0.485 e. The van der Waals surface area contributed by atoms with Gasteiger partial charge in [-0.3, -0.25) is 4.79 Å². The Balaban J connectivity index is 1.76. The van der Waals surface area contributed by atoms with E-state index in [9.17, 15) is 4.79 Å². The molecule has 3 nitrogen and oxygen atoms in total. The number of amides is 1. The topological polar surface area (TPSA) is 52.3 Å². The van der Waals surface area contributed by atoms with E-state index in [-0.39, 0.29) is 17.4 Å². The van der Waals surface area contributed by atoms with Gasteiger partial charge in [0.15, 0.2) is 0 Å². The third kappa shape index (κ3) is 5.10. The molecule has 0 radical (unpaired) electrons. The van der Waals surface area contributed by atoms with Crippen molar-refractivity contribution >= 4 is 5.91 Å². The summed E-state index contributed by atoms with van der Waals surface area (Å²) in [5, 5.41) is 0.